The number of hydrogen-bond donors (Lipinski definition) is 2. The van der Waals surface area contributed by atoms with Gasteiger partial charge in [0.25, 0.3) is 10.2 Å². The van der Waals surface area contributed by atoms with Crippen molar-refractivity contribution in [3.8, 4) is 0 Å². The fraction of sp³-hybridized carbons (Fsp3) is 0.600. The highest BCUT2D eigenvalue weighted by Gasteiger charge is 2.18. The Labute approximate surface area is 112 Å². The van der Waals surface area contributed by atoms with E-state index in [0.717, 1.165) is 15.6 Å². The third kappa shape index (κ3) is 4.30. The standard InChI is InChI=1S/C10H18N4O4S/c1-8-9(6-11-14(8)3)7-12-19(17,18)13(2)5-4-10(15)16/h6,12H,4-5,7H2,1-3H3,(H,15,16). The second-order valence-corrected chi connectivity index (χ2v) is 6.03. The maximum Gasteiger partial charge on any atom is 0.304 e. The molecule has 0 fully saturated rings. The molecular weight excluding hydrogens is 272 g/mol. The topological polar surface area (TPSA) is 105 Å². The van der Waals surface area contributed by atoms with Gasteiger partial charge in [0.15, 0.2) is 0 Å². The molecule has 9 heteroatoms. The molecule has 1 heterocycles. The number of carboxylic acid groups (broad SMARTS) is 1. The molecule has 8 nitrogen and oxygen atoms in total. The van der Waals surface area contributed by atoms with E-state index in [1.165, 1.54) is 7.05 Å². The zero-order chi connectivity index (χ0) is 14.6. The highest BCUT2D eigenvalue weighted by molar-refractivity contribution is 7.87. The average Bonchev–Trinajstić information content (AvgIpc) is 2.64. The largest absolute Gasteiger partial charge is 0.481 e. The van der Waals surface area contributed by atoms with Gasteiger partial charge in [-0.25, -0.2) is 0 Å². The molecule has 2 N–H and O–H groups in total. The summed E-state index contributed by atoms with van der Waals surface area (Å²) in [6.07, 6.45) is 1.36. The van der Waals surface area contributed by atoms with Gasteiger partial charge in [-0.15, -0.1) is 0 Å². The molecule has 0 aliphatic heterocycles. The normalized spacial score (nSPS) is 12.0. The van der Waals surface area contributed by atoms with Gasteiger partial charge in [-0.1, -0.05) is 0 Å². The van der Waals surface area contributed by atoms with Crippen molar-refractivity contribution in [2.24, 2.45) is 7.05 Å². The van der Waals surface area contributed by atoms with Crippen LogP contribution < -0.4 is 4.72 Å². The molecule has 0 aliphatic rings. The van der Waals surface area contributed by atoms with Crippen molar-refractivity contribution >= 4 is 16.2 Å². The van der Waals surface area contributed by atoms with Crippen LogP contribution >= 0.6 is 0 Å². The molecule has 108 valence electrons. The van der Waals surface area contributed by atoms with E-state index in [4.69, 9.17) is 5.11 Å². The van der Waals surface area contributed by atoms with Crippen molar-refractivity contribution in [3.05, 3.63) is 17.5 Å². The van der Waals surface area contributed by atoms with E-state index in [0.29, 0.717) is 0 Å². The number of nitrogens with zero attached hydrogens (tertiary/aromatic N) is 3. The number of aryl methyl sites for hydroxylation is 1. The summed E-state index contributed by atoms with van der Waals surface area (Å²) in [7, 11) is -0.574. The molecule has 1 aromatic heterocycles. The van der Waals surface area contributed by atoms with Gasteiger partial charge in [-0.2, -0.15) is 22.5 Å². The third-order valence-electron chi connectivity index (χ3n) is 2.83. The Morgan fingerprint density at radius 3 is 2.68 bits per heavy atom. The van der Waals surface area contributed by atoms with Crippen LogP contribution in [0.2, 0.25) is 0 Å². The summed E-state index contributed by atoms with van der Waals surface area (Å²) in [4.78, 5) is 10.4. The lowest BCUT2D eigenvalue weighted by molar-refractivity contribution is -0.137. The van der Waals surface area contributed by atoms with Crippen LogP contribution in [-0.2, 0) is 28.6 Å². The first-order chi connectivity index (χ1) is 8.74. The Morgan fingerprint density at radius 1 is 1.58 bits per heavy atom. The van der Waals surface area contributed by atoms with Gasteiger partial charge in [0.1, 0.15) is 0 Å². The molecule has 0 bridgehead atoms. The zero-order valence-electron chi connectivity index (χ0n) is 11.1. The number of rotatable bonds is 7. The first-order valence-corrected chi connectivity index (χ1v) is 7.08. The number of carboxylic acids is 1. The average molecular weight is 290 g/mol. The first-order valence-electron chi connectivity index (χ1n) is 5.64. The second-order valence-electron chi connectivity index (χ2n) is 4.17. The second kappa shape index (κ2) is 6.13. The Hall–Kier alpha value is -1.45. The number of nitrogens with one attached hydrogen (secondary N) is 1. The highest BCUT2D eigenvalue weighted by Crippen LogP contribution is 2.06. The summed E-state index contributed by atoms with van der Waals surface area (Å²) < 4.78 is 28.7. The van der Waals surface area contributed by atoms with Crippen molar-refractivity contribution in [2.45, 2.75) is 19.9 Å². The molecule has 0 aromatic carbocycles. The minimum Gasteiger partial charge on any atom is -0.481 e. The number of hydrogen-bond acceptors (Lipinski definition) is 4. The summed E-state index contributed by atoms with van der Waals surface area (Å²) in [5.41, 5.74) is 1.65. The first kappa shape index (κ1) is 15.6. The van der Waals surface area contributed by atoms with Crippen LogP contribution in [-0.4, -0.2) is 47.2 Å². The summed E-state index contributed by atoms with van der Waals surface area (Å²) in [6.45, 7) is 1.89. The van der Waals surface area contributed by atoms with Crippen LogP contribution in [0.4, 0.5) is 0 Å². The van der Waals surface area contributed by atoms with Gasteiger partial charge >= 0.3 is 5.97 Å². The van der Waals surface area contributed by atoms with E-state index in [-0.39, 0.29) is 19.5 Å². The molecule has 0 unspecified atom stereocenters. The third-order valence-corrected chi connectivity index (χ3v) is 4.35. The molecule has 19 heavy (non-hydrogen) atoms. The van der Waals surface area contributed by atoms with Gasteiger partial charge in [0.2, 0.25) is 0 Å². The Bertz CT molecular complexity index is 552. The molecular formula is C10H18N4O4S. The van der Waals surface area contributed by atoms with Crippen LogP contribution in [0.15, 0.2) is 6.20 Å². The lowest BCUT2D eigenvalue weighted by atomic mass is 10.3. The number of aromatic nitrogens is 2. The molecule has 0 saturated carbocycles. The van der Waals surface area contributed by atoms with Gasteiger partial charge in [0, 0.05) is 38.4 Å². The maximum absolute atomic E-state index is 11.8. The molecule has 0 spiro atoms. The molecule has 1 rings (SSSR count). The van der Waals surface area contributed by atoms with E-state index >= 15 is 0 Å². The highest BCUT2D eigenvalue weighted by atomic mass is 32.2. The van der Waals surface area contributed by atoms with Crippen LogP contribution in [0.3, 0.4) is 0 Å². The SMILES string of the molecule is Cc1c(CNS(=O)(=O)N(C)CCC(=O)O)cnn1C. The summed E-state index contributed by atoms with van der Waals surface area (Å²) in [5.74, 6) is -1.04. The van der Waals surface area contributed by atoms with Crippen molar-refractivity contribution in [3.63, 3.8) is 0 Å². The van der Waals surface area contributed by atoms with Crippen molar-refractivity contribution in [2.75, 3.05) is 13.6 Å². The molecule has 1 aromatic rings. The van der Waals surface area contributed by atoms with Gasteiger partial charge in [-0.05, 0) is 6.92 Å². The molecule has 0 atom stereocenters. The van der Waals surface area contributed by atoms with E-state index in [1.54, 1.807) is 17.9 Å². The smallest absolute Gasteiger partial charge is 0.304 e. The Morgan fingerprint density at radius 2 is 2.21 bits per heavy atom. The minimum absolute atomic E-state index is 0.0727. The molecule has 0 saturated heterocycles. The lowest BCUT2D eigenvalue weighted by Crippen LogP contribution is -2.38. The van der Waals surface area contributed by atoms with Crippen molar-refractivity contribution in [1.82, 2.24) is 18.8 Å². The van der Waals surface area contributed by atoms with Crippen LogP contribution in [0.1, 0.15) is 17.7 Å². The van der Waals surface area contributed by atoms with Crippen LogP contribution in [0, 0.1) is 6.92 Å². The van der Waals surface area contributed by atoms with Crippen molar-refractivity contribution < 1.29 is 18.3 Å². The van der Waals surface area contributed by atoms with E-state index in [1.807, 2.05) is 6.92 Å². The molecule has 0 aliphatic carbocycles. The maximum atomic E-state index is 11.8. The number of aliphatic carboxylic acids is 1. The van der Waals surface area contributed by atoms with Gasteiger partial charge in [0.05, 0.1) is 12.6 Å². The Kier molecular flexibility index (Phi) is 5.04. The lowest BCUT2D eigenvalue weighted by Gasteiger charge is -2.16. The summed E-state index contributed by atoms with van der Waals surface area (Å²) in [5, 5.41) is 12.5. The quantitative estimate of drug-likeness (QED) is 0.702. The van der Waals surface area contributed by atoms with E-state index in [2.05, 4.69) is 9.82 Å². The number of carbonyl (C=O) groups is 1. The molecule has 0 amide bonds. The predicted molar refractivity (Wildman–Crippen MR) is 68.6 cm³/mol. The fourth-order valence-corrected chi connectivity index (χ4v) is 2.26. The minimum atomic E-state index is -3.68. The summed E-state index contributed by atoms with van der Waals surface area (Å²) in [6, 6.07) is 0. The van der Waals surface area contributed by atoms with Crippen LogP contribution in [0.25, 0.3) is 0 Å². The van der Waals surface area contributed by atoms with Crippen molar-refractivity contribution in [1.29, 1.82) is 0 Å². The summed E-state index contributed by atoms with van der Waals surface area (Å²) >= 11 is 0. The zero-order valence-corrected chi connectivity index (χ0v) is 11.9. The Balaban J connectivity index is 2.60. The monoisotopic (exact) mass is 290 g/mol. The van der Waals surface area contributed by atoms with E-state index in [9.17, 15) is 13.2 Å². The van der Waals surface area contributed by atoms with Gasteiger partial charge in [-0.3, -0.25) is 9.48 Å². The van der Waals surface area contributed by atoms with E-state index < -0.39 is 16.2 Å². The molecule has 0 radical (unpaired) electrons. The predicted octanol–water partition coefficient (Wildman–Crippen LogP) is -0.531. The van der Waals surface area contributed by atoms with Crippen LogP contribution in [0.5, 0.6) is 0 Å². The fourth-order valence-electron chi connectivity index (χ4n) is 1.37. The van der Waals surface area contributed by atoms with Gasteiger partial charge < -0.3 is 5.11 Å².